The zero-order chi connectivity index (χ0) is 12.7. The second-order valence-electron chi connectivity index (χ2n) is 5.40. The van der Waals surface area contributed by atoms with Gasteiger partial charge in [-0.25, -0.2) is 0 Å². The van der Waals surface area contributed by atoms with Crippen LogP contribution in [-0.4, -0.2) is 18.4 Å². The molecule has 0 radical (unpaired) electrons. The first kappa shape index (κ1) is 12.0. The minimum atomic E-state index is 0.119. The molecule has 3 N–H and O–H groups in total. The van der Waals surface area contributed by atoms with E-state index in [0.29, 0.717) is 0 Å². The predicted octanol–water partition coefficient (Wildman–Crippen LogP) is 3.11. The Morgan fingerprint density at radius 3 is 2.56 bits per heavy atom. The van der Waals surface area contributed by atoms with Crippen LogP contribution in [0.3, 0.4) is 0 Å². The van der Waals surface area contributed by atoms with Crippen molar-refractivity contribution in [1.29, 1.82) is 5.41 Å². The molecular weight excluding hydrogens is 290 g/mol. The fraction of sp³-hybridized carbons (Fsp3) is 0.500. The van der Waals surface area contributed by atoms with E-state index >= 15 is 0 Å². The molecule has 4 heteroatoms. The molecule has 1 aromatic rings. The number of nitrogens with one attached hydrogen (secondary N) is 1. The average Bonchev–Trinajstić information content (AvgIpc) is 3.18. The summed E-state index contributed by atoms with van der Waals surface area (Å²) in [6.07, 6.45) is 5.41. The van der Waals surface area contributed by atoms with Gasteiger partial charge in [-0.15, -0.1) is 0 Å². The molecule has 0 aliphatic heterocycles. The molecule has 0 bridgehead atoms. The van der Waals surface area contributed by atoms with Gasteiger partial charge in [-0.3, -0.25) is 5.41 Å². The lowest BCUT2D eigenvalue weighted by atomic mass is 10.1. The van der Waals surface area contributed by atoms with Crippen molar-refractivity contribution in [3.05, 3.63) is 28.2 Å². The molecule has 18 heavy (non-hydrogen) atoms. The van der Waals surface area contributed by atoms with Crippen LogP contribution in [0.1, 0.15) is 31.2 Å². The maximum Gasteiger partial charge on any atom is 0.123 e. The summed E-state index contributed by atoms with van der Waals surface area (Å²) < 4.78 is 0.925. The van der Waals surface area contributed by atoms with Crippen molar-refractivity contribution in [3.8, 4) is 0 Å². The molecule has 0 heterocycles. The molecule has 0 unspecified atom stereocenters. The Kier molecular flexibility index (Phi) is 3.06. The molecule has 0 saturated heterocycles. The summed E-state index contributed by atoms with van der Waals surface area (Å²) in [6.45, 7) is 1.19. The molecule has 1 aromatic carbocycles. The topological polar surface area (TPSA) is 53.1 Å². The van der Waals surface area contributed by atoms with Crippen LogP contribution in [0.5, 0.6) is 0 Å². The molecule has 2 saturated carbocycles. The molecule has 3 rings (SSSR count). The van der Waals surface area contributed by atoms with Crippen molar-refractivity contribution in [1.82, 2.24) is 0 Å². The summed E-state index contributed by atoms with van der Waals surface area (Å²) in [6, 6.07) is 6.89. The number of nitrogen functional groups attached to an aromatic ring is 1. The Morgan fingerprint density at radius 1 is 1.33 bits per heavy atom. The maximum atomic E-state index is 7.51. The second kappa shape index (κ2) is 4.57. The van der Waals surface area contributed by atoms with Gasteiger partial charge in [0, 0.05) is 28.3 Å². The average molecular weight is 308 g/mol. The summed E-state index contributed by atoms with van der Waals surface area (Å²) in [5.41, 5.74) is 7.59. The number of halogens is 1. The highest BCUT2D eigenvalue weighted by molar-refractivity contribution is 9.10. The molecule has 0 aromatic heterocycles. The van der Waals surface area contributed by atoms with Gasteiger partial charge >= 0.3 is 0 Å². The molecular formula is C14H18BrN3. The first-order valence-corrected chi connectivity index (χ1v) is 7.35. The van der Waals surface area contributed by atoms with E-state index in [0.717, 1.165) is 22.0 Å². The van der Waals surface area contributed by atoms with E-state index in [4.69, 9.17) is 11.1 Å². The highest BCUT2D eigenvalue weighted by Gasteiger charge is 2.33. The number of amidine groups is 1. The molecule has 0 amide bonds. The Hall–Kier alpha value is -1.03. The van der Waals surface area contributed by atoms with Gasteiger partial charge in [0.2, 0.25) is 0 Å². The number of rotatable bonds is 5. The Labute approximate surface area is 116 Å². The van der Waals surface area contributed by atoms with Crippen molar-refractivity contribution < 1.29 is 0 Å². The number of anilines is 1. The van der Waals surface area contributed by atoms with Crippen molar-refractivity contribution in [2.75, 3.05) is 11.4 Å². The number of hydrogen-bond donors (Lipinski definition) is 2. The fourth-order valence-corrected chi connectivity index (χ4v) is 2.91. The summed E-state index contributed by atoms with van der Waals surface area (Å²) in [5, 5.41) is 7.51. The number of hydrogen-bond acceptors (Lipinski definition) is 2. The lowest BCUT2D eigenvalue weighted by Crippen LogP contribution is -2.28. The normalized spacial score (nSPS) is 18.7. The number of nitrogens with two attached hydrogens (primary N) is 1. The number of benzene rings is 1. The summed E-state index contributed by atoms with van der Waals surface area (Å²) in [7, 11) is 0. The SMILES string of the molecule is N=C(N)c1ccc(N(CC2CC2)C2CC2)cc1Br. The van der Waals surface area contributed by atoms with E-state index in [-0.39, 0.29) is 5.84 Å². The van der Waals surface area contributed by atoms with E-state index in [9.17, 15) is 0 Å². The minimum absolute atomic E-state index is 0.119. The third-order valence-corrected chi connectivity index (χ3v) is 4.37. The zero-order valence-electron chi connectivity index (χ0n) is 10.3. The molecule has 2 fully saturated rings. The Balaban J connectivity index is 1.84. The van der Waals surface area contributed by atoms with Gasteiger partial charge in [-0.2, -0.15) is 0 Å². The van der Waals surface area contributed by atoms with Crippen molar-refractivity contribution >= 4 is 27.5 Å². The highest BCUT2D eigenvalue weighted by Crippen LogP contribution is 2.38. The molecule has 3 nitrogen and oxygen atoms in total. The van der Waals surface area contributed by atoms with Crippen LogP contribution in [-0.2, 0) is 0 Å². The van der Waals surface area contributed by atoms with Gasteiger partial charge in [0.1, 0.15) is 5.84 Å². The van der Waals surface area contributed by atoms with Crippen LogP contribution < -0.4 is 10.6 Å². The van der Waals surface area contributed by atoms with Crippen LogP contribution in [0, 0.1) is 11.3 Å². The first-order valence-electron chi connectivity index (χ1n) is 6.55. The molecule has 0 atom stereocenters. The summed E-state index contributed by atoms with van der Waals surface area (Å²) >= 11 is 3.52. The third kappa shape index (κ3) is 2.53. The smallest absolute Gasteiger partial charge is 0.123 e. The Bertz CT molecular complexity index is 478. The van der Waals surface area contributed by atoms with Crippen LogP contribution in [0.15, 0.2) is 22.7 Å². The van der Waals surface area contributed by atoms with Crippen molar-refractivity contribution in [3.63, 3.8) is 0 Å². The Morgan fingerprint density at radius 2 is 2.06 bits per heavy atom. The van der Waals surface area contributed by atoms with Crippen LogP contribution in [0.25, 0.3) is 0 Å². The monoisotopic (exact) mass is 307 g/mol. The van der Waals surface area contributed by atoms with E-state index in [1.165, 1.54) is 37.9 Å². The van der Waals surface area contributed by atoms with E-state index in [1.54, 1.807) is 0 Å². The van der Waals surface area contributed by atoms with Gasteiger partial charge in [0.05, 0.1) is 0 Å². The first-order chi connectivity index (χ1) is 8.65. The lowest BCUT2D eigenvalue weighted by Gasteiger charge is -2.25. The van der Waals surface area contributed by atoms with Gasteiger partial charge < -0.3 is 10.6 Å². The molecule has 96 valence electrons. The maximum absolute atomic E-state index is 7.51. The molecule has 0 spiro atoms. The lowest BCUT2D eigenvalue weighted by molar-refractivity contribution is 0.719. The van der Waals surface area contributed by atoms with Gasteiger partial charge in [0.15, 0.2) is 0 Å². The standard InChI is InChI=1S/C14H18BrN3/c15-13-7-11(5-6-12(13)14(16)17)18(10-3-4-10)8-9-1-2-9/h5-7,9-10H,1-4,8H2,(H3,16,17). The highest BCUT2D eigenvalue weighted by atomic mass is 79.9. The van der Waals surface area contributed by atoms with Gasteiger partial charge in [-0.1, -0.05) is 0 Å². The van der Waals surface area contributed by atoms with Crippen molar-refractivity contribution in [2.24, 2.45) is 11.7 Å². The van der Waals surface area contributed by atoms with Crippen LogP contribution in [0.4, 0.5) is 5.69 Å². The van der Waals surface area contributed by atoms with Gasteiger partial charge in [-0.05, 0) is 65.7 Å². The minimum Gasteiger partial charge on any atom is -0.384 e. The number of nitrogens with zero attached hydrogens (tertiary/aromatic N) is 1. The summed E-state index contributed by atoms with van der Waals surface area (Å²) in [4.78, 5) is 2.53. The van der Waals surface area contributed by atoms with Crippen molar-refractivity contribution in [2.45, 2.75) is 31.7 Å². The summed E-state index contributed by atoms with van der Waals surface area (Å²) in [5.74, 6) is 1.02. The van der Waals surface area contributed by atoms with Gasteiger partial charge in [0.25, 0.3) is 0 Å². The molecule has 2 aliphatic carbocycles. The quantitative estimate of drug-likeness (QED) is 0.648. The largest absolute Gasteiger partial charge is 0.384 e. The second-order valence-corrected chi connectivity index (χ2v) is 6.26. The zero-order valence-corrected chi connectivity index (χ0v) is 11.9. The van der Waals surface area contributed by atoms with E-state index in [1.807, 2.05) is 6.07 Å². The van der Waals surface area contributed by atoms with Crippen LogP contribution >= 0.6 is 15.9 Å². The fourth-order valence-electron chi connectivity index (χ4n) is 2.33. The third-order valence-electron chi connectivity index (χ3n) is 3.71. The molecule has 2 aliphatic rings. The van der Waals surface area contributed by atoms with E-state index < -0.39 is 0 Å². The van der Waals surface area contributed by atoms with Crippen LogP contribution in [0.2, 0.25) is 0 Å². The van der Waals surface area contributed by atoms with E-state index in [2.05, 4.69) is 33.0 Å². The predicted molar refractivity (Wildman–Crippen MR) is 78.3 cm³/mol.